The lowest BCUT2D eigenvalue weighted by Gasteiger charge is -2.34. The molecule has 0 N–H and O–H groups in total. The molecule has 1 aromatic rings. The fourth-order valence-electron chi connectivity index (χ4n) is 2.60. The molecule has 0 spiro atoms. The Balaban J connectivity index is 1.90. The average Bonchev–Trinajstić information content (AvgIpc) is 2.54. The molecule has 0 unspecified atom stereocenters. The van der Waals surface area contributed by atoms with Crippen molar-refractivity contribution in [3.63, 3.8) is 0 Å². The molecule has 2 rings (SSSR count). The first-order chi connectivity index (χ1) is 10.3. The molecule has 0 saturated carbocycles. The van der Waals surface area contributed by atoms with Gasteiger partial charge in [-0.25, -0.2) is 0 Å². The molecular formula is C16H23N3O2. The van der Waals surface area contributed by atoms with Crippen molar-refractivity contribution < 1.29 is 9.47 Å². The van der Waals surface area contributed by atoms with Crippen LogP contribution < -0.4 is 9.47 Å². The van der Waals surface area contributed by atoms with Crippen molar-refractivity contribution in [2.75, 3.05) is 46.9 Å². The van der Waals surface area contributed by atoms with Crippen LogP contribution >= 0.6 is 0 Å². The molecule has 0 aliphatic carbocycles. The van der Waals surface area contributed by atoms with Gasteiger partial charge in [-0.3, -0.25) is 9.80 Å². The van der Waals surface area contributed by atoms with E-state index in [0.29, 0.717) is 6.42 Å². The molecule has 0 atom stereocenters. The van der Waals surface area contributed by atoms with Crippen molar-refractivity contribution in [3.05, 3.63) is 23.8 Å². The van der Waals surface area contributed by atoms with E-state index in [4.69, 9.17) is 14.7 Å². The van der Waals surface area contributed by atoms with Crippen LogP contribution in [0.5, 0.6) is 11.5 Å². The molecule has 1 aromatic carbocycles. The predicted octanol–water partition coefficient (Wildman–Crippen LogP) is 1.74. The number of ether oxygens (including phenoxy) is 2. The van der Waals surface area contributed by atoms with Crippen LogP contribution in [0.2, 0.25) is 0 Å². The Kier molecular flexibility index (Phi) is 5.85. The summed E-state index contributed by atoms with van der Waals surface area (Å²) in [6, 6.07) is 8.18. The lowest BCUT2D eigenvalue weighted by molar-refractivity contribution is 0.128. The van der Waals surface area contributed by atoms with Gasteiger partial charge in [0, 0.05) is 57.3 Å². The number of methoxy groups -OCH3 is 2. The van der Waals surface area contributed by atoms with Crippen molar-refractivity contribution in [3.8, 4) is 17.6 Å². The third kappa shape index (κ3) is 4.35. The molecule has 1 saturated heterocycles. The third-order valence-electron chi connectivity index (χ3n) is 3.89. The summed E-state index contributed by atoms with van der Waals surface area (Å²) >= 11 is 0. The third-order valence-corrected chi connectivity index (χ3v) is 3.89. The molecule has 5 heteroatoms. The molecule has 0 radical (unpaired) electrons. The maximum absolute atomic E-state index is 8.63. The van der Waals surface area contributed by atoms with E-state index in [0.717, 1.165) is 50.8 Å². The maximum atomic E-state index is 8.63. The van der Waals surface area contributed by atoms with E-state index in [9.17, 15) is 0 Å². The zero-order valence-electron chi connectivity index (χ0n) is 12.8. The second kappa shape index (κ2) is 7.87. The van der Waals surface area contributed by atoms with Gasteiger partial charge < -0.3 is 9.47 Å². The van der Waals surface area contributed by atoms with Gasteiger partial charge in [-0.1, -0.05) is 6.07 Å². The normalized spacial score (nSPS) is 16.4. The summed E-state index contributed by atoms with van der Waals surface area (Å²) in [6.45, 7) is 5.89. The van der Waals surface area contributed by atoms with Crippen LogP contribution in [0.4, 0.5) is 0 Å². The first-order valence-electron chi connectivity index (χ1n) is 7.29. The summed E-state index contributed by atoms with van der Waals surface area (Å²) in [7, 11) is 3.35. The molecule has 1 aliphatic heterocycles. The van der Waals surface area contributed by atoms with E-state index in [1.165, 1.54) is 5.56 Å². The quantitative estimate of drug-likeness (QED) is 0.798. The monoisotopic (exact) mass is 289 g/mol. The predicted molar refractivity (Wildman–Crippen MR) is 81.5 cm³/mol. The van der Waals surface area contributed by atoms with Gasteiger partial charge in [0.05, 0.1) is 20.3 Å². The Morgan fingerprint density at radius 2 is 1.81 bits per heavy atom. The average molecular weight is 289 g/mol. The molecule has 1 heterocycles. The van der Waals surface area contributed by atoms with Gasteiger partial charge >= 0.3 is 0 Å². The highest BCUT2D eigenvalue weighted by Gasteiger charge is 2.18. The molecule has 114 valence electrons. The van der Waals surface area contributed by atoms with E-state index in [1.54, 1.807) is 14.2 Å². The largest absolute Gasteiger partial charge is 0.497 e. The highest BCUT2D eigenvalue weighted by Crippen LogP contribution is 2.26. The van der Waals surface area contributed by atoms with Gasteiger partial charge in [0.1, 0.15) is 11.5 Å². The van der Waals surface area contributed by atoms with Crippen LogP contribution in [-0.4, -0.2) is 56.7 Å². The van der Waals surface area contributed by atoms with Gasteiger partial charge in [0.25, 0.3) is 0 Å². The highest BCUT2D eigenvalue weighted by atomic mass is 16.5. The van der Waals surface area contributed by atoms with Gasteiger partial charge in [-0.15, -0.1) is 0 Å². The zero-order valence-corrected chi connectivity index (χ0v) is 12.8. The molecule has 1 aliphatic rings. The number of hydrogen-bond donors (Lipinski definition) is 0. The number of hydrogen-bond acceptors (Lipinski definition) is 5. The standard InChI is InChI=1S/C16H23N3O2/c1-20-15-5-4-14(16(12-15)21-2)13-19-10-8-18(9-11-19)7-3-6-17/h4-5,12H,3,7-11,13H2,1-2H3. The van der Waals surface area contributed by atoms with Gasteiger partial charge in [-0.05, 0) is 6.07 Å². The smallest absolute Gasteiger partial charge is 0.127 e. The molecule has 0 aromatic heterocycles. The molecule has 0 bridgehead atoms. The molecule has 0 amide bonds. The van der Waals surface area contributed by atoms with Crippen LogP contribution in [0, 0.1) is 11.3 Å². The van der Waals surface area contributed by atoms with Crippen molar-refractivity contribution in [1.82, 2.24) is 9.80 Å². The van der Waals surface area contributed by atoms with Gasteiger partial charge in [0.15, 0.2) is 0 Å². The molecule has 1 fully saturated rings. The summed E-state index contributed by atoms with van der Waals surface area (Å²) in [5, 5.41) is 8.63. The minimum atomic E-state index is 0.617. The zero-order chi connectivity index (χ0) is 15.1. The Morgan fingerprint density at radius 3 is 2.43 bits per heavy atom. The molecular weight excluding hydrogens is 266 g/mol. The SMILES string of the molecule is COc1ccc(CN2CCN(CCC#N)CC2)c(OC)c1. The van der Waals surface area contributed by atoms with Crippen LogP contribution in [0.25, 0.3) is 0 Å². The lowest BCUT2D eigenvalue weighted by atomic mass is 10.1. The minimum Gasteiger partial charge on any atom is -0.497 e. The first-order valence-corrected chi connectivity index (χ1v) is 7.29. The Bertz CT molecular complexity index is 491. The second-order valence-electron chi connectivity index (χ2n) is 5.20. The van der Waals surface area contributed by atoms with Crippen LogP contribution in [0.3, 0.4) is 0 Å². The molecule has 21 heavy (non-hydrogen) atoms. The highest BCUT2D eigenvalue weighted by molar-refractivity contribution is 5.40. The van der Waals surface area contributed by atoms with Crippen molar-refractivity contribution in [2.45, 2.75) is 13.0 Å². The van der Waals surface area contributed by atoms with E-state index in [1.807, 2.05) is 12.1 Å². The summed E-state index contributed by atoms with van der Waals surface area (Å²) < 4.78 is 10.7. The summed E-state index contributed by atoms with van der Waals surface area (Å²) in [5.74, 6) is 1.69. The topological polar surface area (TPSA) is 48.7 Å². The Labute approximate surface area is 126 Å². The van der Waals surface area contributed by atoms with Crippen LogP contribution in [0.15, 0.2) is 18.2 Å². The minimum absolute atomic E-state index is 0.617. The fourth-order valence-corrected chi connectivity index (χ4v) is 2.60. The van der Waals surface area contributed by atoms with Crippen molar-refractivity contribution >= 4 is 0 Å². The Hall–Kier alpha value is -1.77. The number of piperazine rings is 1. The number of nitriles is 1. The number of nitrogens with zero attached hydrogens (tertiary/aromatic N) is 3. The van der Waals surface area contributed by atoms with Gasteiger partial charge in [-0.2, -0.15) is 5.26 Å². The van der Waals surface area contributed by atoms with Gasteiger partial charge in [0.2, 0.25) is 0 Å². The van der Waals surface area contributed by atoms with Crippen molar-refractivity contribution in [2.24, 2.45) is 0 Å². The van der Waals surface area contributed by atoms with E-state index >= 15 is 0 Å². The maximum Gasteiger partial charge on any atom is 0.127 e. The van der Waals surface area contributed by atoms with Crippen molar-refractivity contribution in [1.29, 1.82) is 5.26 Å². The summed E-state index contributed by atoms with van der Waals surface area (Å²) in [6.07, 6.45) is 0.617. The Morgan fingerprint density at radius 1 is 1.10 bits per heavy atom. The van der Waals surface area contributed by atoms with E-state index in [-0.39, 0.29) is 0 Å². The number of rotatable bonds is 6. The van der Waals surface area contributed by atoms with Crippen LogP contribution in [-0.2, 0) is 6.54 Å². The number of benzene rings is 1. The lowest BCUT2D eigenvalue weighted by Crippen LogP contribution is -2.46. The first kappa shape index (κ1) is 15.6. The van der Waals surface area contributed by atoms with E-state index in [2.05, 4.69) is 21.9 Å². The summed E-state index contributed by atoms with van der Waals surface area (Å²) in [4.78, 5) is 4.78. The second-order valence-corrected chi connectivity index (χ2v) is 5.20. The van der Waals surface area contributed by atoms with Crippen LogP contribution in [0.1, 0.15) is 12.0 Å². The molecule has 5 nitrogen and oxygen atoms in total. The van der Waals surface area contributed by atoms with E-state index < -0.39 is 0 Å². The fraction of sp³-hybridized carbons (Fsp3) is 0.562. The summed E-state index contributed by atoms with van der Waals surface area (Å²) in [5.41, 5.74) is 1.18.